The second-order valence-corrected chi connectivity index (χ2v) is 4.12. The zero-order valence-electron chi connectivity index (χ0n) is 10.4. The summed E-state index contributed by atoms with van der Waals surface area (Å²) in [5, 5.41) is 15.0. The Labute approximate surface area is 121 Å². The molecule has 7 heteroatoms. The van der Waals surface area contributed by atoms with Gasteiger partial charge in [-0.05, 0) is 17.7 Å². The van der Waals surface area contributed by atoms with Crippen LogP contribution in [0.15, 0.2) is 30.7 Å². The van der Waals surface area contributed by atoms with E-state index in [4.69, 9.17) is 4.74 Å². The topological polar surface area (TPSA) is 80.1 Å². The third kappa shape index (κ3) is 2.71. The average Bonchev–Trinajstić information content (AvgIpc) is 2.76. The summed E-state index contributed by atoms with van der Waals surface area (Å²) < 4.78 is 6.93. The predicted octanol–water partition coefficient (Wildman–Crippen LogP) is -3.12. The SMILES string of the molecule is O=C([O-])c1cc(-c2cnn(C3COC3)c2)ccn1.[Li+]. The molecule has 19 heavy (non-hydrogen) atoms. The minimum atomic E-state index is -1.28. The molecule has 2 aromatic heterocycles. The Balaban J connectivity index is 0.00000133. The number of rotatable bonds is 3. The number of aromatic carboxylic acids is 1. The van der Waals surface area contributed by atoms with Crippen molar-refractivity contribution < 1.29 is 33.5 Å². The molecule has 6 nitrogen and oxygen atoms in total. The van der Waals surface area contributed by atoms with Crippen LogP contribution >= 0.6 is 0 Å². The second-order valence-electron chi connectivity index (χ2n) is 4.12. The van der Waals surface area contributed by atoms with E-state index in [0.29, 0.717) is 13.2 Å². The molecule has 2 aromatic rings. The molecule has 0 saturated carbocycles. The van der Waals surface area contributed by atoms with Crippen molar-refractivity contribution in [3.05, 3.63) is 36.4 Å². The summed E-state index contributed by atoms with van der Waals surface area (Å²) in [6.45, 7) is 1.34. The van der Waals surface area contributed by atoms with Gasteiger partial charge in [0.2, 0.25) is 0 Å². The van der Waals surface area contributed by atoms with Crippen molar-refractivity contribution in [2.24, 2.45) is 0 Å². The summed E-state index contributed by atoms with van der Waals surface area (Å²) in [6, 6.07) is 3.50. The van der Waals surface area contributed by atoms with Crippen LogP contribution < -0.4 is 24.0 Å². The molecule has 1 aliphatic heterocycles. The quantitative estimate of drug-likeness (QED) is 0.539. The summed E-state index contributed by atoms with van der Waals surface area (Å²) in [4.78, 5) is 14.5. The fourth-order valence-corrected chi connectivity index (χ4v) is 1.78. The van der Waals surface area contributed by atoms with Gasteiger partial charge in [-0.25, -0.2) is 0 Å². The van der Waals surface area contributed by atoms with Crippen LogP contribution in [-0.2, 0) is 4.74 Å². The Bertz CT molecular complexity index is 595. The molecule has 0 amide bonds. The van der Waals surface area contributed by atoms with Crippen molar-refractivity contribution in [2.45, 2.75) is 6.04 Å². The van der Waals surface area contributed by atoms with E-state index in [9.17, 15) is 9.90 Å². The smallest absolute Gasteiger partial charge is 0.543 e. The van der Waals surface area contributed by atoms with Gasteiger partial charge in [-0.15, -0.1) is 0 Å². The minimum absolute atomic E-state index is 0. The van der Waals surface area contributed by atoms with Crippen LogP contribution in [0.2, 0.25) is 0 Å². The van der Waals surface area contributed by atoms with Gasteiger partial charge in [-0.2, -0.15) is 5.10 Å². The van der Waals surface area contributed by atoms with Gasteiger partial charge in [0.1, 0.15) is 0 Å². The third-order valence-electron chi connectivity index (χ3n) is 2.90. The van der Waals surface area contributed by atoms with E-state index < -0.39 is 5.97 Å². The Morgan fingerprint density at radius 1 is 1.42 bits per heavy atom. The van der Waals surface area contributed by atoms with Gasteiger partial charge in [0.15, 0.2) is 0 Å². The molecule has 0 atom stereocenters. The van der Waals surface area contributed by atoms with E-state index in [1.54, 1.807) is 12.3 Å². The molecular formula is C12H10LiN3O3. The van der Waals surface area contributed by atoms with Crippen molar-refractivity contribution in [3.63, 3.8) is 0 Å². The first-order valence-corrected chi connectivity index (χ1v) is 5.54. The van der Waals surface area contributed by atoms with Crippen LogP contribution in [0, 0.1) is 0 Å². The number of hydrogen-bond acceptors (Lipinski definition) is 5. The third-order valence-corrected chi connectivity index (χ3v) is 2.90. The molecule has 0 spiro atoms. The maximum absolute atomic E-state index is 10.7. The van der Waals surface area contributed by atoms with Crippen molar-refractivity contribution >= 4 is 5.97 Å². The van der Waals surface area contributed by atoms with E-state index in [0.717, 1.165) is 11.1 Å². The maximum Gasteiger partial charge on any atom is 1.00 e. The molecule has 3 rings (SSSR count). The number of carbonyl (C=O) groups is 1. The molecule has 0 radical (unpaired) electrons. The molecule has 3 heterocycles. The fraction of sp³-hybridized carbons (Fsp3) is 0.250. The zero-order chi connectivity index (χ0) is 12.5. The zero-order valence-corrected chi connectivity index (χ0v) is 10.4. The number of aromatic nitrogens is 3. The Morgan fingerprint density at radius 2 is 2.21 bits per heavy atom. The number of carboxylic acids is 1. The largest absolute Gasteiger partial charge is 1.00 e. The second kappa shape index (κ2) is 5.57. The van der Waals surface area contributed by atoms with Crippen LogP contribution in [0.3, 0.4) is 0 Å². The normalized spacial score (nSPS) is 14.5. The van der Waals surface area contributed by atoms with E-state index in [2.05, 4.69) is 10.1 Å². The van der Waals surface area contributed by atoms with Gasteiger partial charge in [-0.1, -0.05) is 0 Å². The standard InChI is InChI=1S/C12H11N3O3.Li/c16-12(17)11-3-8(1-2-13-11)9-4-14-15(5-9)10-6-18-7-10;/h1-5,10H,6-7H2,(H,16,17);/q;+1/p-1. The van der Waals surface area contributed by atoms with Gasteiger partial charge >= 0.3 is 18.9 Å². The molecule has 1 fully saturated rings. The fourth-order valence-electron chi connectivity index (χ4n) is 1.78. The monoisotopic (exact) mass is 251 g/mol. The Hall–Kier alpha value is -1.61. The van der Waals surface area contributed by atoms with E-state index >= 15 is 0 Å². The molecule has 0 aliphatic carbocycles. The summed E-state index contributed by atoms with van der Waals surface area (Å²) in [6.07, 6.45) is 5.03. The van der Waals surface area contributed by atoms with Crippen LogP contribution in [-0.4, -0.2) is 33.9 Å². The van der Waals surface area contributed by atoms with Gasteiger partial charge in [0.25, 0.3) is 0 Å². The molecular weight excluding hydrogens is 241 g/mol. The first-order chi connectivity index (χ1) is 8.74. The first kappa shape index (κ1) is 13.8. The number of carboxylic acid groups (broad SMARTS) is 1. The molecule has 0 unspecified atom stereocenters. The number of hydrogen-bond donors (Lipinski definition) is 0. The van der Waals surface area contributed by atoms with Crippen molar-refractivity contribution in [1.29, 1.82) is 0 Å². The molecule has 1 aliphatic rings. The maximum atomic E-state index is 10.7. The van der Waals surface area contributed by atoms with E-state index in [1.807, 2.05) is 10.9 Å². The number of pyridine rings is 1. The average molecular weight is 251 g/mol. The summed E-state index contributed by atoms with van der Waals surface area (Å²) in [5.74, 6) is -1.28. The van der Waals surface area contributed by atoms with Crippen LogP contribution in [0.25, 0.3) is 11.1 Å². The van der Waals surface area contributed by atoms with Crippen LogP contribution in [0.4, 0.5) is 0 Å². The summed E-state index contributed by atoms with van der Waals surface area (Å²) in [7, 11) is 0. The summed E-state index contributed by atoms with van der Waals surface area (Å²) >= 11 is 0. The number of ether oxygens (including phenoxy) is 1. The van der Waals surface area contributed by atoms with Crippen molar-refractivity contribution in [2.75, 3.05) is 13.2 Å². The first-order valence-electron chi connectivity index (χ1n) is 5.54. The van der Waals surface area contributed by atoms with Crippen molar-refractivity contribution in [3.8, 4) is 11.1 Å². The molecule has 92 valence electrons. The molecule has 0 bridgehead atoms. The van der Waals surface area contributed by atoms with Gasteiger partial charge in [-0.3, -0.25) is 9.67 Å². The van der Waals surface area contributed by atoms with Gasteiger partial charge in [0, 0.05) is 18.0 Å². The Morgan fingerprint density at radius 3 is 2.84 bits per heavy atom. The van der Waals surface area contributed by atoms with E-state index in [-0.39, 0.29) is 30.6 Å². The Kier molecular flexibility index (Phi) is 4.05. The van der Waals surface area contributed by atoms with Crippen molar-refractivity contribution in [1.82, 2.24) is 14.8 Å². The van der Waals surface area contributed by atoms with Crippen LogP contribution in [0.5, 0.6) is 0 Å². The predicted molar refractivity (Wildman–Crippen MR) is 59.6 cm³/mol. The summed E-state index contributed by atoms with van der Waals surface area (Å²) in [5.41, 5.74) is 1.54. The van der Waals surface area contributed by atoms with E-state index in [1.165, 1.54) is 12.3 Å². The molecule has 0 aromatic carbocycles. The minimum Gasteiger partial charge on any atom is -0.543 e. The number of nitrogens with zero attached hydrogens (tertiary/aromatic N) is 3. The molecule has 1 saturated heterocycles. The number of carbonyl (C=O) groups excluding carboxylic acids is 1. The van der Waals surface area contributed by atoms with Crippen LogP contribution in [0.1, 0.15) is 16.5 Å². The van der Waals surface area contributed by atoms with Gasteiger partial charge in [0.05, 0.1) is 37.1 Å². The van der Waals surface area contributed by atoms with Gasteiger partial charge < -0.3 is 14.6 Å². The molecule has 0 N–H and O–H groups in total.